The van der Waals surface area contributed by atoms with Crippen LogP contribution in [0.3, 0.4) is 0 Å². The summed E-state index contributed by atoms with van der Waals surface area (Å²) in [4.78, 5) is 10.7. The minimum absolute atomic E-state index is 0.0333. The van der Waals surface area contributed by atoms with Crippen molar-refractivity contribution < 1.29 is 4.74 Å². The number of ether oxygens (including phenoxy) is 1. The Morgan fingerprint density at radius 2 is 2.18 bits per heavy atom. The van der Waals surface area contributed by atoms with Crippen molar-refractivity contribution >= 4 is 21.9 Å². The van der Waals surface area contributed by atoms with Crippen molar-refractivity contribution in [3.05, 3.63) is 16.9 Å². The Hall–Kier alpha value is -0.720. The second-order valence-electron chi connectivity index (χ2n) is 4.82. The van der Waals surface area contributed by atoms with Gasteiger partial charge in [-0.3, -0.25) is 0 Å². The topological polar surface area (TPSA) is 64.3 Å². The van der Waals surface area contributed by atoms with Gasteiger partial charge in [0.2, 0.25) is 5.95 Å². The average Bonchev–Trinajstić information content (AvgIpc) is 2.27. The monoisotopic (exact) mass is 300 g/mol. The van der Waals surface area contributed by atoms with E-state index < -0.39 is 0 Å². The molecule has 1 atom stereocenters. The van der Waals surface area contributed by atoms with Crippen molar-refractivity contribution in [3.63, 3.8) is 0 Å². The normalized spacial score (nSPS) is 23.8. The quantitative estimate of drug-likeness (QED) is 0.888. The summed E-state index contributed by atoms with van der Waals surface area (Å²) in [6.07, 6.45) is 3.54. The predicted octanol–water partition coefficient (Wildman–Crippen LogP) is 1.18. The molecular weight excluding hydrogens is 284 g/mol. The number of anilines is 1. The van der Waals surface area contributed by atoms with Crippen LogP contribution in [0, 0.1) is 0 Å². The number of hydrogen-bond acceptors (Lipinski definition) is 5. The third-order valence-corrected chi connectivity index (χ3v) is 3.04. The van der Waals surface area contributed by atoms with Gasteiger partial charge in [0.15, 0.2) is 0 Å². The summed E-state index contributed by atoms with van der Waals surface area (Å²) in [6, 6.07) is 0. The van der Waals surface area contributed by atoms with E-state index in [9.17, 15) is 0 Å². The predicted molar refractivity (Wildman–Crippen MR) is 70.0 cm³/mol. The van der Waals surface area contributed by atoms with Gasteiger partial charge in [0.25, 0.3) is 0 Å². The van der Waals surface area contributed by atoms with Crippen molar-refractivity contribution in [1.29, 1.82) is 0 Å². The number of morpholine rings is 1. The Morgan fingerprint density at radius 3 is 2.76 bits per heavy atom. The highest BCUT2D eigenvalue weighted by Gasteiger charge is 2.33. The largest absolute Gasteiger partial charge is 0.367 e. The van der Waals surface area contributed by atoms with E-state index in [2.05, 4.69) is 44.6 Å². The molecule has 1 aromatic rings. The van der Waals surface area contributed by atoms with E-state index in [1.54, 1.807) is 12.4 Å². The standard InChI is InChI=1S/C11H17BrN4O/c1-11(2)7-16(6-9(3-13)17-11)10-14-4-8(12)5-15-10/h4-5,9H,3,6-7,13H2,1-2H3. The second-order valence-corrected chi connectivity index (χ2v) is 5.73. The van der Waals surface area contributed by atoms with Gasteiger partial charge in [-0.1, -0.05) is 0 Å². The maximum atomic E-state index is 5.87. The Morgan fingerprint density at radius 1 is 1.53 bits per heavy atom. The molecule has 1 saturated heterocycles. The molecule has 1 fully saturated rings. The van der Waals surface area contributed by atoms with Crippen LogP contribution in [0.1, 0.15) is 13.8 Å². The van der Waals surface area contributed by atoms with Gasteiger partial charge >= 0.3 is 0 Å². The molecule has 1 aromatic heterocycles. The van der Waals surface area contributed by atoms with Gasteiger partial charge in [0.1, 0.15) is 0 Å². The minimum atomic E-state index is -0.223. The lowest BCUT2D eigenvalue weighted by molar-refractivity contribution is -0.0792. The average molecular weight is 301 g/mol. The van der Waals surface area contributed by atoms with Crippen LogP contribution in [-0.4, -0.2) is 41.3 Å². The molecule has 0 amide bonds. The number of rotatable bonds is 2. The fraction of sp³-hybridized carbons (Fsp3) is 0.636. The van der Waals surface area contributed by atoms with Gasteiger partial charge < -0.3 is 15.4 Å². The van der Waals surface area contributed by atoms with Crippen LogP contribution >= 0.6 is 15.9 Å². The van der Waals surface area contributed by atoms with Crippen LogP contribution in [0.5, 0.6) is 0 Å². The first-order valence-electron chi connectivity index (χ1n) is 5.60. The molecule has 6 heteroatoms. The molecule has 1 unspecified atom stereocenters. The summed E-state index contributed by atoms with van der Waals surface area (Å²) in [7, 11) is 0. The summed E-state index contributed by atoms with van der Waals surface area (Å²) in [5, 5.41) is 0. The van der Waals surface area contributed by atoms with E-state index in [1.807, 2.05) is 0 Å². The summed E-state index contributed by atoms with van der Waals surface area (Å²) >= 11 is 3.33. The Kier molecular flexibility index (Phi) is 3.65. The number of hydrogen-bond donors (Lipinski definition) is 1. The zero-order valence-electron chi connectivity index (χ0n) is 10.1. The van der Waals surface area contributed by atoms with Gasteiger partial charge in [-0.05, 0) is 29.8 Å². The molecule has 1 aliphatic heterocycles. The summed E-state index contributed by atoms with van der Waals surface area (Å²) in [5.74, 6) is 0.725. The Balaban J connectivity index is 2.17. The molecular formula is C11H17BrN4O. The highest BCUT2D eigenvalue weighted by atomic mass is 79.9. The highest BCUT2D eigenvalue weighted by molar-refractivity contribution is 9.10. The van der Waals surface area contributed by atoms with Crippen LogP contribution in [0.2, 0.25) is 0 Å². The number of nitrogens with zero attached hydrogens (tertiary/aromatic N) is 3. The van der Waals surface area contributed by atoms with E-state index in [-0.39, 0.29) is 11.7 Å². The molecule has 17 heavy (non-hydrogen) atoms. The fourth-order valence-electron chi connectivity index (χ4n) is 2.04. The van der Waals surface area contributed by atoms with Crippen LogP contribution < -0.4 is 10.6 Å². The zero-order chi connectivity index (χ0) is 12.5. The van der Waals surface area contributed by atoms with E-state index in [0.717, 1.165) is 23.5 Å². The van der Waals surface area contributed by atoms with Crippen molar-refractivity contribution in [2.45, 2.75) is 25.6 Å². The zero-order valence-corrected chi connectivity index (χ0v) is 11.6. The third-order valence-electron chi connectivity index (χ3n) is 2.63. The van der Waals surface area contributed by atoms with Crippen molar-refractivity contribution in [1.82, 2.24) is 9.97 Å². The minimum Gasteiger partial charge on any atom is -0.367 e. The number of aromatic nitrogens is 2. The van der Waals surface area contributed by atoms with Gasteiger partial charge in [-0.2, -0.15) is 0 Å². The van der Waals surface area contributed by atoms with Crippen molar-refractivity contribution in [3.8, 4) is 0 Å². The smallest absolute Gasteiger partial charge is 0.225 e. The lowest BCUT2D eigenvalue weighted by atomic mass is 10.1. The summed E-state index contributed by atoms with van der Waals surface area (Å²) in [6.45, 7) is 6.13. The lowest BCUT2D eigenvalue weighted by Gasteiger charge is -2.42. The highest BCUT2D eigenvalue weighted by Crippen LogP contribution is 2.23. The van der Waals surface area contributed by atoms with Crippen molar-refractivity contribution in [2.75, 3.05) is 24.5 Å². The van der Waals surface area contributed by atoms with E-state index in [0.29, 0.717) is 6.54 Å². The Bertz CT molecular complexity index is 382. The molecule has 2 heterocycles. The Labute approximate surface area is 110 Å². The molecule has 5 nitrogen and oxygen atoms in total. The molecule has 0 bridgehead atoms. The van der Waals surface area contributed by atoms with Gasteiger partial charge in [-0.15, -0.1) is 0 Å². The number of halogens is 1. The van der Waals surface area contributed by atoms with Crippen LogP contribution in [0.4, 0.5) is 5.95 Å². The first-order valence-corrected chi connectivity index (χ1v) is 6.40. The lowest BCUT2D eigenvalue weighted by Crippen LogP contribution is -2.55. The maximum Gasteiger partial charge on any atom is 0.225 e. The van der Waals surface area contributed by atoms with Gasteiger partial charge in [0.05, 0.1) is 16.2 Å². The molecule has 2 N–H and O–H groups in total. The maximum absolute atomic E-state index is 5.87. The molecule has 0 saturated carbocycles. The van der Waals surface area contributed by atoms with Crippen molar-refractivity contribution in [2.24, 2.45) is 5.73 Å². The SMILES string of the molecule is CC1(C)CN(c2ncc(Br)cn2)CC(CN)O1. The summed E-state index contributed by atoms with van der Waals surface area (Å²) < 4.78 is 6.75. The van der Waals surface area contributed by atoms with E-state index in [4.69, 9.17) is 10.5 Å². The molecule has 2 rings (SSSR count). The third kappa shape index (κ3) is 3.14. The van der Waals surface area contributed by atoms with Gasteiger partial charge in [0, 0.05) is 32.0 Å². The first kappa shape index (κ1) is 12.7. The van der Waals surface area contributed by atoms with Gasteiger partial charge in [-0.25, -0.2) is 9.97 Å². The van der Waals surface area contributed by atoms with Crippen LogP contribution in [-0.2, 0) is 4.74 Å². The second kappa shape index (κ2) is 4.88. The van der Waals surface area contributed by atoms with Crippen LogP contribution in [0.15, 0.2) is 16.9 Å². The fourth-order valence-corrected chi connectivity index (χ4v) is 2.24. The molecule has 0 spiro atoms. The number of nitrogens with two attached hydrogens (primary N) is 1. The molecule has 1 aliphatic rings. The molecule has 0 aliphatic carbocycles. The van der Waals surface area contributed by atoms with E-state index >= 15 is 0 Å². The molecule has 94 valence electrons. The first-order chi connectivity index (χ1) is 8.00. The molecule has 0 aromatic carbocycles. The molecule has 0 radical (unpaired) electrons. The van der Waals surface area contributed by atoms with Crippen LogP contribution in [0.25, 0.3) is 0 Å². The van der Waals surface area contributed by atoms with E-state index in [1.165, 1.54) is 0 Å². The summed E-state index contributed by atoms with van der Waals surface area (Å²) in [5.41, 5.74) is 5.47.